The largest absolute Gasteiger partial charge is 0.391 e. The number of aldehydes is 1. The number of amides is 2. The first-order valence-electron chi connectivity index (χ1n) is 8.47. The molecule has 0 saturated carbocycles. The Balaban J connectivity index is 2.13. The SMILES string of the molecule is C=CC(=O)N1CCC(N=C(N)N/C(Nc2ccc(C=O)cc2)=C(\N)C(N)=O)C1. The van der Waals surface area contributed by atoms with E-state index in [0.717, 1.165) is 0 Å². The van der Waals surface area contributed by atoms with Crippen LogP contribution in [0.1, 0.15) is 16.8 Å². The summed E-state index contributed by atoms with van der Waals surface area (Å²) in [5.41, 5.74) is 17.7. The number of likely N-dealkylation sites (tertiary alicyclic amines) is 1. The molecule has 1 fully saturated rings. The number of primary amides is 1. The molecule has 0 radical (unpaired) electrons. The molecule has 148 valence electrons. The lowest BCUT2D eigenvalue weighted by atomic mass is 10.2. The van der Waals surface area contributed by atoms with Gasteiger partial charge in [-0.05, 0) is 36.8 Å². The maximum absolute atomic E-state index is 11.6. The van der Waals surface area contributed by atoms with Crippen LogP contribution in [0.3, 0.4) is 0 Å². The monoisotopic (exact) mass is 385 g/mol. The lowest BCUT2D eigenvalue weighted by Gasteiger charge is -2.16. The molecule has 0 spiro atoms. The summed E-state index contributed by atoms with van der Waals surface area (Å²) in [5, 5.41) is 5.63. The molecular weight excluding hydrogens is 362 g/mol. The summed E-state index contributed by atoms with van der Waals surface area (Å²) in [5.74, 6) is -0.946. The van der Waals surface area contributed by atoms with E-state index in [9.17, 15) is 14.4 Å². The molecule has 0 bridgehead atoms. The van der Waals surface area contributed by atoms with Crippen molar-refractivity contribution in [1.29, 1.82) is 0 Å². The number of nitrogens with one attached hydrogen (secondary N) is 2. The molecule has 2 rings (SSSR count). The Kier molecular flexibility index (Phi) is 6.74. The van der Waals surface area contributed by atoms with Crippen molar-refractivity contribution in [3.8, 4) is 0 Å². The van der Waals surface area contributed by atoms with E-state index in [2.05, 4.69) is 22.2 Å². The second-order valence-electron chi connectivity index (χ2n) is 6.09. The summed E-state index contributed by atoms with van der Waals surface area (Å²) in [4.78, 5) is 39.8. The van der Waals surface area contributed by atoms with Crippen LogP contribution in [0.5, 0.6) is 0 Å². The molecule has 1 aliphatic heterocycles. The van der Waals surface area contributed by atoms with Crippen molar-refractivity contribution in [2.24, 2.45) is 22.2 Å². The summed E-state index contributed by atoms with van der Waals surface area (Å²) in [6.45, 7) is 4.43. The number of nitrogens with zero attached hydrogens (tertiary/aromatic N) is 2. The highest BCUT2D eigenvalue weighted by Gasteiger charge is 2.24. The van der Waals surface area contributed by atoms with E-state index in [0.29, 0.717) is 37.0 Å². The van der Waals surface area contributed by atoms with Crippen molar-refractivity contribution in [3.05, 3.63) is 54.0 Å². The summed E-state index contributed by atoms with van der Waals surface area (Å²) in [7, 11) is 0. The zero-order chi connectivity index (χ0) is 20.7. The molecule has 0 aliphatic carbocycles. The Morgan fingerprint density at radius 3 is 2.46 bits per heavy atom. The van der Waals surface area contributed by atoms with Crippen LogP contribution < -0.4 is 27.8 Å². The number of hydrogen-bond donors (Lipinski definition) is 5. The molecule has 1 aromatic rings. The van der Waals surface area contributed by atoms with Gasteiger partial charge in [0.1, 0.15) is 17.8 Å². The van der Waals surface area contributed by atoms with Gasteiger partial charge in [-0.3, -0.25) is 14.4 Å². The van der Waals surface area contributed by atoms with Crippen LogP contribution in [-0.2, 0) is 9.59 Å². The molecule has 0 aromatic heterocycles. The van der Waals surface area contributed by atoms with Crippen molar-refractivity contribution < 1.29 is 14.4 Å². The Hall–Kier alpha value is -3.82. The zero-order valence-electron chi connectivity index (χ0n) is 15.2. The van der Waals surface area contributed by atoms with E-state index < -0.39 is 5.91 Å². The first-order valence-corrected chi connectivity index (χ1v) is 8.47. The fraction of sp³-hybridized carbons (Fsp3) is 0.222. The van der Waals surface area contributed by atoms with E-state index in [1.54, 1.807) is 29.2 Å². The minimum absolute atomic E-state index is 0.00844. The van der Waals surface area contributed by atoms with Gasteiger partial charge in [-0.2, -0.15) is 0 Å². The average Bonchev–Trinajstić information content (AvgIpc) is 3.15. The minimum Gasteiger partial charge on any atom is -0.391 e. The van der Waals surface area contributed by atoms with Crippen LogP contribution in [-0.4, -0.2) is 48.1 Å². The second kappa shape index (κ2) is 9.21. The lowest BCUT2D eigenvalue weighted by molar-refractivity contribution is -0.125. The predicted molar refractivity (Wildman–Crippen MR) is 106 cm³/mol. The minimum atomic E-state index is -0.851. The Morgan fingerprint density at radius 2 is 1.89 bits per heavy atom. The Labute approximate surface area is 162 Å². The number of benzene rings is 1. The van der Waals surface area contributed by atoms with E-state index in [1.807, 2.05) is 0 Å². The maximum Gasteiger partial charge on any atom is 0.268 e. The molecule has 1 atom stereocenters. The smallest absolute Gasteiger partial charge is 0.268 e. The highest BCUT2D eigenvalue weighted by atomic mass is 16.2. The Bertz CT molecular complexity index is 830. The predicted octanol–water partition coefficient (Wildman–Crippen LogP) is -0.785. The van der Waals surface area contributed by atoms with Gasteiger partial charge in [0.15, 0.2) is 5.96 Å². The number of rotatable bonds is 7. The maximum atomic E-state index is 11.6. The average molecular weight is 385 g/mol. The standard InChI is InChI=1S/C18H23N7O3/c1-2-14(27)25-8-7-13(9-25)23-18(21)24-17(15(19)16(20)28)22-12-5-3-11(10-26)4-6-12/h2-6,10,13,22H,1,7-9,19H2,(H2,20,28)(H3,21,23,24)/b17-15-. The number of carbonyl (C=O) groups excluding carboxylic acids is 3. The fourth-order valence-electron chi connectivity index (χ4n) is 2.61. The summed E-state index contributed by atoms with van der Waals surface area (Å²) >= 11 is 0. The van der Waals surface area contributed by atoms with Crippen molar-refractivity contribution in [2.75, 3.05) is 18.4 Å². The molecular formula is C18H23N7O3. The third-order valence-corrected chi connectivity index (χ3v) is 4.08. The third kappa shape index (κ3) is 5.34. The quantitative estimate of drug-likeness (QED) is 0.177. The highest BCUT2D eigenvalue weighted by molar-refractivity contribution is 5.93. The second-order valence-corrected chi connectivity index (χ2v) is 6.09. The van der Waals surface area contributed by atoms with Crippen molar-refractivity contribution in [1.82, 2.24) is 10.2 Å². The van der Waals surface area contributed by atoms with Gasteiger partial charge in [0.05, 0.1) is 6.04 Å². The van der Waals surface area contributed by atoms with E-state index >= 15 is 0 Å². The van der Waals surface area contributed by atoms with Gasteiger partial charge in [-0.25, -0.2) is 4.99 Å². The van der Waals surface area contributed by atoms with Crippen LogP contribution >= 0.6 is 0 Å². The number of nitrogens with two attached hydrogens (primary N) is 3. The van der Waals surface area contributed by atoms with Crippen molar-refractivity contribution in [2.45, 2.75) is 12.5 Å². The number of anilines is 1. The summed E-state index contributed by atoms with van der Waals surface area (Å²) < 4.78 is 0. The van der Waals surface area contributed by atoms with Crippen LogP contribution in [0.2, 0.25) is 0 Å². The molecule has 28 heavy (non-hydrogen) atoms. The molecule has 1 unspecified atom stereocenters. The van der Waals surface area contributed by atoms with Gasteiger partial charge in [0, 0.05) is 24.3 Å². The van der Waals surface area contributed by atoms with Gasteiger partial charge in [0.2, 0.25) is 5.91 Å². The molecule has 1 aromatic carbocycles. The topological polar surface area (TPSA) is 169 Å². The molecule has 10 nitrogen and oxygen atoms in total. The van der Waals surface area contributed by atoms with Gasteiger partial charge in [0.25, 0.3) is 5.91 Å². The molecule has 8 N–H and O–H groups in total. The van der Waals surface area contributed by atoms with Crippen LogP contribution in [0, 0.1) is 0 Å². The van der Waals surface area contributed by atoms with E-state index in [4.69, 9.17) is 17.2 Å². The highest BCUT2D eigenvalue weighted by Crippen LogP contribution is 2.14. The van der Waals surface area contributed by atoms with Gasteiger partial charge in [-0.1, -0.05) is 6.58 Å². The van der Waals surface area contributed by atoms with Crippen LogP contribution in [0.4, 0.5) is 5.69 Å². The number of carbonyl (C=O) groups is 3. The number of hydrogen-bond acceptors (Lipinski definition) is 6. The normalized spacial score (nSPS) is 17.5. The zero-order valence-corrected chi connectivity index (χ0v) is 15.2. The number of guanidine groups is 1. The molecule has 1 aliphatic rings. The molecule has 10 heteroatoms. The van der Waals surface area contributed by atoms with Crippen LogP contribution in [0.15, 0.2) is 53.4 Å². The van der Waals surface area contributed by atoms with Crippen molar-refractivity contribution in [3.63, 3.8) is 0 Å². The first-order chi connectivity index (χ1) is 13.3. The molecule has 1 heterocycles. The first kappa shape index (κ1) is 20.5. The summed E-state index contributed by atoms with van der Waals surface area (Å²) in [6, 6.07) is 6.24. The summed E-state index contributed by atoms with van der Waals surface area (Å²) in [6.07, 6.45) is 2.61. The lowest BCUT2D eigenvalue weighted by Crippen LogP contribution is -2.39. The van der Waals surface area contributed by atoms with Crippen molar-refractivity contribution >= 4 is 29.7 Å². The third-order valence-electron chi connectivity index (χ3n) is 4.08. The molecule has 2 amide bonds. The van der Waals surface area contributed by atoms with Gasteiger partial charge >= 0.3 is 0 Å². The molecule has 1 saturated heterocycles. The van der Waals surface area contributed by atoms with Gasteiger partial charge in [-0.15, -0.1) is 0 Å². The van der Waals surface area contributed by atoms with E-state index in [1.165, 1.54) is 6.08 Å². The van der Waals surface area contributed by atoms with Crippen LogP contribution in [0.25, 0.3) is 0 Å². The number of aliphatic imine (C=N–C) groups is 1. The Morgan fingerprint density at radius 1 is 1.21 bits per heavy atom. The van der Waals surface area contributed by atoms with Gasteiger partial charge < -0.3 is 32.7 Å². The fourth-order valence-corrected chi connectivity index (χ4v) is 2.61. The van der Waals surface area contributed by atoms with E-state index in [-0.39, 0.29) is 29.4 Å².